The molecule has 0 bridgehead atoms. The van der Waals surface area contributed by atoms with Gasteiger partial charge in [-0.05, 0) is 34.9 Å². The van der Waals surface area contributed by atoms with Gasteiger partial charge < -0.3 is 15.9 Å². The van der Waals surface area contributed by atoms with Crippen LogP contribution in [-0.2, 0) is 18.3 Å². The van der Waals surface area contributed by atoms with E-state index in [0.717, 1.165) is 12.0 Å². The van der Waals surface area contributed by atoms with Gasteiger partial charge in [-0.25, -0.2) is 0 Å². The Bertz CT molecular complexity index is 601. The van der Waals surface area contributed by atoms with E-state index in [1.165, 1.54) is 11.1 Å². The van der Waals surface area contributed by atoms with Crippen LogP contribution in [0.3, 0.4) is 0 Å². The van der Waals surface area contributed by atoms with Gasteiger partial charge in [-0.15, -0.1) is 0 Å². The molecule has 2 aromatic rings. The smallest absolute Gasteiger partial charge is 0.0663 e. The van der Waals surface area contributed by atoms with E-state index in [2.05, 4.69) is 50.2 Å². The van der Waals surface area contributed by atoms with Crippen molar-refractivity contribution in [3.63, 3.8) is 0 Å². The van der Waals surface area contributed by atoms with Crippen molar-refractivity contribution >= 4 is 0 Å². The fourth-order valence-corrected chi connectivity index (χ4v) is 2.85. The van der Waals surface area contributed by atoms with Crippen molar-refractivity contribution in [1.82, 2.24) is 0 Å². The maximum absolute atomic E-state index is 9.31. The monoisotopic (exact) mass is 313 g/mol. The Morgan fingerprint density at radius 3 is 1.83 bits per heavy atom. The summed E-state index contributed by atoms with van der Waals surface area (Å²) in [5, 5.41) is 18.6. The molecule has 0 aliphatic carbocycles. The topological polar surface area (TPSA) is 66.5 Å². The number of hydrogen-bond acceptors (Lipinski definition) is 3. The number of rotatable bonds is 7. The molecule has 0 aromatic heterocycles. The number of aliphatic hydroxyl groups excluding tert-OH is 2. The second-order valence-electron chi connectivity index (χ2n) is 7.10. The molecule has 0 saturated carbocycles. The number of aliphatic hydroxyl groups is 2. The molecule has 124 valence electrons. The SMILES string of the molecule is CC(C)(Cc1ccccc1)c1ccc(CC(N)(CO)CO)cc1. The molecule has 2 rings (SSSR count). The lowest BCUT2D eigenvalue weighted by Crippen LogP contribution is -2.49. The maximum Gasteiger partial charge on any atom is 0.0663 e. The fourth-order valence-electron chi connectivity index (χ4n) is 2.85. The van der Waals surface area contributed by atoms with E-state index in [4.69, 9.17) is 5.73 Å². The van der Waals surface area contributed by atoms with Crippen LogP contribution in [0.5, 0.6) is 0 Å². The quantitative estimate of drug-likeness (QED) is 0.735. The standard InChI is InChI=1S/C20H27NO2/c1-19(2,12-16-6-4-3-5-7-16)18-10-8-17(9-11-18)13-20(21,14-22)15-23/h3-11,22-23H,12-15,21H2,1-2H3. The molecule has 0 spiro atoms. The molecule has 0 unspecified atom stereocenters. The van der Waals surface area contributed by atoms with Crippen molar-refractivity contribution in [2.75, 3.05) is 13.2 Å². The second-order valence-corrected chi connectivity index (χ2v) is 7.10. The van der Waals surface area contributed by atoms with Gasteiger partial charge in [0, 0.05) is 0 Å². The Kier molecular flexibility index (Phi) is 5.58. The molecule has 0 saturated heterocycles. The first-order chi connectivity index (χ1) is 10.9. The van der Waals surface area contributed by atoms with E-state index < -0.39 is 5.54 Å². The van der Waals surface area contributed by atoms with Crippen molar-refractivity contribution in [3.8, 4) is 0 Å². The maximum atomic E-state index is 9.31. The zero-order valence-corrected chi connectivity index (χ0v) is 14.0. The average Bonchev–Trinajstić information content (AvgIpc) is 2.56. The normalized spacial score (nSPS) is 12.4. The van der Waals surface area contributed by atoms with E-state index >= 15 is 0 Å². The molecule has 2 aromatic carbocycles. The van der Waals surface area contributed by atoms with E-state index in [1.807, 2.05) is 18.2 Å². The summed E-state index contributed by atoms with van der Waals surface area (Å²) in [7, 11) is 0. The lowest BCUT2D eigenvalue weighted by atomic mass is 9.78. The molecule has 0 aliphatic rings. The molecule has 23 heavy (non-hydrogen) atoms. The van der Waals surface area contributed by atoms with Crippen LogP contribution in [0.2, 0.25) is 0 Å². The molecule has 0 aliphatic heterocycles. The van der Waals surface area contributed by atoms with Crippen molar-refractivity contribution < 1.29 is 10.2 Å². The highest BCUT2D eigenvalue weighted by Gasteiger charge is 2.24. The Labute approximate surface area is 138 Å². The summed E-state index contributed by atoms with van der Waals surface area (Å²) in [4.78, 5) is 0. The van der Waals surface area contributed by atoms with Gasteiger partial charge in [-0.2, -0.15) is 0 Å². The minimum Gasteiger partial charge on any atom is -0.394 e. The predicted octanol–water partition coefficient (Wildman–Crippen LogP) is 2.43. The van der Waals surface area contributed by atoms with Crippen molar-refractivity contribution in [2.45, 2.75) is 37.6 Å². The summed E-state index contributed by atoms with van der Waals surface area (Å²) in [6.07, 6.45) is 1.43. The van der Waals surface area contributed by atoms with E-state index in [-0.39, 0.29) is 18.6 Å². The summed E-state index contributed by atoms with van der Waals surface area (Å²) in [6.45, 7) is 4.02. The van der Waals surface area contributed by atoms with Crippen LogP contribution in [0.4, 0.5) is 0 Å². The first-order valence-corrected chi connectivity index (χ1v) is 8.02. The van der Waals surface area contributed by atoms with Crippen LogP contribution in [0, 0.1) is 0 Å². The summed E-state index contributed by atoms with van der Waals surface area (Å²) in [6, 6.07) is 18.8. The molecule has 0 heterocycles. The predicted molar refractivity (Wildman–Crippen MR) is 94.4 cm³/mol. The Morgan fingerprint density at radius 1 is 0.783 bits per heavy atom. The number of nitrogens with two attached hydrogens (primary N) is 1. The lowest BCUT2D eigenvalue weighted by molar-refractivity contribution is 0.121. The van der Waals surface area contributed by atoms with E-state index in [1.54, 1.807) is 0 Å². The zero-order chi connectivity index (χ0) is 16.9. The van der Waals surface area contributed by atoms with Crippen molar-refractivity contribution in [1.29, 1.82) is 0 Å². The summed E-state index contributed by atoms with van der Waals surface area (Å²) < 4.78 is 0. The molecule has 3 heteroatoms. The molecule has 0 atom stereocenters. The fraction of sp³-hybridized carbons (Fsp3) is 0.400. The van der Waals surface area contributed by atoms with Gasteiger partial charge in [-0.1, -0.05) is 68.4 Å². The van der Waals surface area contributed by atoms with Crippen LogP contribution in [0.15, 0.2) is 54.6 Å². The number of benzene rings is 2. The van der Waals surface area contributed by atoms with E-state index in [9.17, 15) is 10.2 Å². The third-order valence-corrected chi connectivity index (χ3v) is 4.41. The molecule has 3 nitrogen and oxygen atoms in total. The van der Waals surface area contributed by atoms with Gasteiger partial charge in [0.15, 0.2) is 0 Å². The largest absolute Gasteiger partial charge is 0.394 e. The third kappa shape index (κ3) is 4.64. The van der Waals surface area contributed by atoms with Crippen LogP contribution >= 0.6 is 0 Å². The Morgan fingerprint density at radius 2 is 1.30 bits per heavy atom. The van der Waals surface area contributed by atoms with Crippen LogP contribution in [0.25, 0.3) is 0 Å². The van der Waals surface area contributed by atoms with E-state index in [0.29, 0.717) is 6.42 Å². The van der Waals surface area contributed by atoms with Gasteiger partial charge in [0.25, 0.3) is 0 Å². The van der Waals surface area contributed by atoms with Crippen LogP contribution in [-0.4, -0.2) is 29.0 Å². The third-order valence-electron chi connectivity index (χ3n) is 4.41. The van der Waals surface area contributed by atoms with Gasteiger partial charge in [0.05, 0.1) is 18.8 Å². The first kappa shape index (κ1) is 17.7. The van der Waals surface area contributed by atoms with Crippen LogP contribution < -0.4 is 5.73 Å². The highest BCUT2D eigenvalue weighted by molar-refractivity contribution is 5.31. The van der Waals surface area contributed by atoms with Gasteiger partial charge in [-0.3, -0.25) is 0 Å². The second kappa shape index (κ2) is 7.26. The summed E-state index contributed by atoms with van der Waals surface area (Å²) in [5.41, 5.74) is 8.64. The Balaban J connectivity index is 2.12. The highest BCUT2D eigenvalue weighted by atomic mass is 16.3. The van der Waals surface area contributed by atoms with Gasteiger partial charge in [0.2, 0.25) is 0 Å². The minimum absolute atomic E-state index is 0.0354. The van der Waals surface area contributed by atoms with Gasteiger partial charge >= 0.3 is 0 Å². The minimum atomic E-state index is -0.957. The molecule has 0 radical (unpaired) electrons. The lowest BCUT2D eigenvalue weighted by Gasteiger charge is -2.27. The summed E-state index contributed by atoms with van der Waals surface area (Å²) in [5.74, 6) is 0. The van der Waals surface area contributed by atoms with Gasteiger partial charge in [0.1, 0.15) is 0 Å². The number of hydrogen-bond donors (Lipinski definition) is 3. The highest BCUT2D eigenvalue weighted by Crippen LogP contribution is 2.28. The average molecular weight is 313 g/mol. The van der Waals surface area contributed by atoms with Crippen molar-refractivity contribution in [2.24, 2.45) is 5.73 Å². The first-order valence-electron chi connectivity index (χ1n) is 8.02. The van der Waals surface area contributed by atoms with Crippen molar-refractivity contribution in [3.05, 3.63) is 71.3 Å². The Hall–Kier alpha value is -1.68. The van der Waals surface area contributed by atoms with Crippen LogP contribution in [0.1, 0.15) is 30.5 Å². The zero-order valence-electron chi connectivity index (χ0n) is 14.0. The molecular formula is C20H27NO2. The molecule has 0 fully saturated rings. The molecule has 0 amide bonds. The molecular weight excluding hydrogens is 286 g/mol. The molecule has 4 N–H and O–H groups in total. The summed E-state index contributed by atoms with van der Waals surface area (Å²) >= 11 is 0.